The van der Waals surface area contributed by atoms with Gasteiger partial charge in [0.15, 0.2) is 0 Å². The third-order valence-electron chi connectivity index (χ3n) is 3.15. The van der Waals surface area contributed by atoms with E-state index in [9.17, 15) is 16.9 Å². The van der Waals surface area contributed by atoms with E-state index in [4.69, 9.17) is 0 Å². The van der Waals surface area contributed by atoms with Gasteiger partial charge in [-0.05, 0) is 19.3 Å². The number of hydrogen-bond acceptors (Lipinski definition) is 0. The molecule has 0 saturated carbocycles. The molecule has 0 spiro atoms. The van der Waals surface area contributed by atoms with Gasteiger partial charge in [0.25, 0.3) is 0 Å². The monoisotopic (exact) mass is 435 g/mol. The van der Waals surface area contributed by atoms with Crippen molar-refractivity contribution < 1.29 is 21.4 Å². The molecule has 0 unspecified atom stereocenters. The van der Waals surface area contributed by atoms with Gasteiger partial charge in [-0.1, -0.05) is 40.0 Å². The minimum absolute atomic E-state index is 1.32. The van der Waals surface area contributed by atoms with E-state index in [-0.39, 0.29) is 0 Å². The quantitative estimate of drug-likeness (QED) is 0.237. The van der Waals surface area contributed by atoms with Crippen LogP contribution in [0.4, 0.5) is 16.9 Å². The van der Waals surface area contributed by atoms with Crippen molar-refractivity contribution in [3.8, 4) is 0 Å². The van der Waals surface area contributed by atoms with Crippen LogP contribution in [-0.4, -0.2) is 50.6 Å². The summed E-state index contributed by atoms with van der Waals surface area (Å²) in [5.41, 5.74) is 0. The summed E-state index contributed by atoms with van der Waals surface area (Å²) in [5.74, 6) is 0. The zero-order chi connectivity index (χ0) is 17.3. The Kier molecular flexibility index (Phi) is 9.31. The zero-order valence-corrected chi connectivity index (χ0v) is 16.1. The molecule has 1 nitrogen and oxygen atoms in total. The van der Waals surface area contributed by atoms with Gasteiger partial charge >= 0.3 is 36.4 Å². The molecule has 0 radical (unpaired) electrons. The van der Waals surface area contributed by atoms with E-state index in [0.717, 1.165) is 0 Å². The second-order valence-corrected chi connectivity index (χ2v) is 11.3. The second kappa shape index (κ2) is 8.28. The number of nitrogens with zero attached hydrogens (tertiary/aromatic N) is 1. The fourth-order valence-corrected chi connectivity index (χ4v) is 1.95. The van der Waals surface area contributed by atoms with Crippen molar-refractivity contribution >= 4 is 19.5 Å². The minimum atomic E-state index is -11.2. The summed E-state index contributed by atoms with van der Waals surface area (Å²) in [6.45, 7) is 11.0. The van der Waals surface area contributed by atoms with Crippen LogP contribution in [-0.2, 0) is 0 Å². The molecule has 0 atom stereocenters. The summed E-state index contributed by atoms with van der Waals surface area (Å²) >= 11 is -11.2. The van der Waals surface area contributed by atoms with Gasteiger partial charge in [-0.25, -0.2) is 0 Å². The van der Waals surface area contributed by atoms with E-state index in [1.165, 1.54) is 62.6 Å². The Morgan fingerprint density at radius 3 is 0.952 bits per heavy atom. The molecule has 0 amide bonds. The van der Waals surface area contributed by atoms with Crippen LogP contribution in [0.15, 0.2) is 0 Å². The van der Waals surface area contributed by atoms with Gasteiger partial charge < -0.3 is 4.48 Å². The molecule has 134 valence electrons. The molecule has 0 aromatic rings. The van der Waals surface area contributed by atoms with Crippen LogP contribution in [0.3, 0.4) is 0 Å². The average molecular weight is 436 g/mol. The molecule has 0 bridgehead atoms. The van der Waals surface area contributed by atoms with Gasteiger partial charge in [-0.15, -0.1) is 0 Å². The molecule has 0 fully saturated rings. The summed E-state index contributed by atoms with van der Waals surface area (Å²) in [6.07, 6.45) is 8.20. The van der Waals surface area contributed by atoms with E-state index in [2.05, 4.69) is 27.8 Å². The predicted molar refractivity (Wildman–Crippen MR) is 77.9 cm³/mol. The summed E-state index contributed by atoms with van der Waals surface area (Å²) in [7, 11) is 2.45. The topological polar surface area (TPSA) is 0 Å². The van der Waals surface area contributed by atoms with Gasteiger partial charge in [0, 0.05) is 0 Å². The van der Waals surface area contributed by atoms with Crippen LogP contribution < -0.4 is 0 Å². The second-order valence-electron chi connectivity index (χ2n) is 5.81. The Hall–Kier alpha value is 0.358. The normalized spacial score (nSPS) is 15.7. The van der Waals surface area contributed by atoms with E-state index in [1.54, 1.807) is 0 Å². The first-order chi connectivity index (χ1) is 9.13. The molecule has 0 aromatic heterocycles. The summed E-state index contributed by atoms with van der Waals surface area (Å²) in [4.78, 5) is 0. The van der Waals surface area contributed by atoms with E-state index >= 15 is 0 Å². The van der Waals surface area contributed by atoms with Crippen molar-refractivity contribution in [2.75, 3.05) is 26.7 Å². The Morgan fingerprint density at radius 2 is 0.810 bits per heavy atom. The maximum atomic E-state index is 9.93. The molecular weight excluding hydrogens is 406 g/mol. The van der Waals surface area contributed by atoms with E-state index < -0.39 is 19.5 Å². The average Bonchev–Trinajstić information content (AvgIpc) is 2.28. The van der Waals surface area contributed by atoms with Crippen LogP contribution >= 0.6 is 0 Å². The third kappa shape index (κ3) is 29.1. The molecular formula is C13H30F6NSb. The fourth-order valence-electron chi connectivity index (χ4n) is 1.95. The Labute approximate surface area is 127 Å². The van der Waals surface area contributed by atoms with E-state index in [0.29, 0.717) is 0 Å². The molecule has 0 aliphatic carbocycles. The number of halogens is 6. The SMILES string of the molecule is CCCC[N+](C)(CCCC)CCCC.[F][Sb-]([F])([F])([F])([F])[F]. The first-order valence-corrected chi connectivity index (χ1v) is 13.3. The molecule has 0 heterocycles. The first-order valence-electron chi connectivity index (χ1n) is 7.53. The van der Waals surface area contributed by atoms with Gasteiger partial charge in [0.1, 0.15) is 0 Å². The molecule has 0 rings (SSSR count). The van der Waals surface area contributed by atoms with Crippen molar-refractivity contribution in [3.63, 3.8) is 0 Å². The van der Waals surface area contributed by atoms with Crippen molar-refractivity contribution in [1.82, 2.24) is 0 Å². The maximum absolute atomic E-state index is 11.2. The Morgan fingerprint density at radius 1 is 0.619 bits per heavy atom. The molecule has 0 N–H and O–H groups in total. The molecule has 0 aliphatic rings. The molecule has 8 heteroatoms. The molecule has 0 aliphatic heterocycles. The number of unbranched alkanes of at least 4 members (excludes halogenated alkanes) is 3. The zero-order valence-electron chi connectivity index (χ0n) is 13.5. The summed E-state index contributed by atoms with van der Waals surface area (Å²) in [6, 6.07) is 0. The third-order valence-corrected chi connectivity index (χ3v) is 3.15. The van der Waals surface area contributed by atoms with Gasteiger partial charge in [0.2, 0.25) is 0 Å². The Bertz CT molecular complexity index is 241. The van der Waals surface area contributed by atoms with Gasteiger partial charge in [-0.3, -0.25) is 0 Å². The van der Waals surface area contributed by atoms with E-state index in [1.807, 2.05) is 0 Å². The molecule has 0 aromatic carbocycles. The summed E-state index contributed by atoms with van der Waals surface area (Å²) in [5, 5.41) is 0. The van der Waals surface area contributed by atoms with Crippen molar-refractivity contribution in [1.29, 1.82) is 0 Å². The van der Waals surface area contributed by atoms with Crippen LogP contribution in [0, 0.1) is 0 Å². The predicted octanol–water partition coefficient (Wildman–Crippen LogP) is 5.97. The first kappa shape index (κ1) is 23.6. The van der Waals surface area contributed by atoms with Gasteiger partial charge in [0.05, 0.1) is 26.7 Å². The van der Waals surface area contributed by atoms with Crippen LogP contribution in [0.25, 0.3) is 0 Å². The fraction of sp³-hybridized carbons (Fsp3) is 1.00. The number of quaternary nitrogens is 1. The van der Waals surface area contributed by atoms with Crippen molar-refractivity contribution in [3.05, 3.63) is 0 Å². The van der Waals surface area contributed by atoms with Crippen molar-refractivity contribution in [2.45, 2.75) is 59.3 Å². The molecule has 21 heavy (non-hydrogen) atoms. The molecule has 0 saturated heterocycles. The van der Waals surface area contributed by atoms with Crippen molar-refractivity contribution in [2.24, 2.45) is 0 Å². The van der Waals surface area contributed by atoms with Crippen LogP contribution in [0.1, 0.15) is 59.3 Å². The Balaban J connectivity index is 0. The number of rotatable bonds is 9. The summed E-state index contributed by atoms with van der Waals surface area (Å²) < 4.78 is 60.9. The van der Waals surface area contributed by atoms with Crippen LogP contribution in [0.2, 0.25) is 0 Å². The standard InChI is InChI=1S/C13H30N.6FH.Sb/c1-5-8-11-14(4,12-9-6-2)13-10-7-3;;;;;;;/h5-13H2,1-4H3;6*1H;/q+1;;;;;;;+5/p-6. The van der Waals surface area contributed by atoms with Gasteiger partial charge in [-0.2, -0.15) is 0 Å². The van der Waals surface area contributed by atoms with Crippen LogP contribution in [0.5, 0.6) is 0 Å². The number of hydrogen-bond donors (Lipinski definition) is 0.